The van der Waals surface area contributed by atoms with E-state index in [4.69, 9.17) is 27.9 Å². The lowest BCUT2D eigenvalue weighted by Gasteiger charge is -2.31. The van der Waals surface area contributed by atoms with Crippen LogP contribution in [-0.4, -0.2) is 36.5 Å². The van der Waals surface area contributed by atoms with E-state index in [0.717, 1.165) is 25.7 Å². The SMILES string of the molecule is CN(C(=O)COC(=O)c1cc(Cl)cc(Cl)c1)C1CCCCC1. The van der Waals surface area contributed by atoms with E-state index in [1.807, 2.05) is 0 Å². The highest BCUT2D eigenvalue weighted by Crippen LogP contribution is 2.22. The molecule has 1 aliphatic carbocycles. The number of rotatable bonds is 4. The molecule has 0 radical (unpaired) electrons. The molecular formula is C16H19Cl2NO3. The maximum absolute atomic E-state index is 12.1. The second kappa shape index (κ2) is 7.84. The standard InChI is InChI=1S/C16H19Cl2NO3/c1-19(14-5-3-2-4-6-14)15(20)10-22-16(21)11-7-12(17)9-13(18)8-11/h7-9,14H,2-6,10H2,1H3. The van der Waals surface area contributed by atoms with Crippen molar-refractivity contribution in [2.24, 2.45) is 0 Å². The molecule has 0 aromatic heterocycles. The first-order chi connectivity index (χ1) is 10.5. The van der Waals surface area contributed by atoms with Crippen molar-refractivity contribution in [2.75, 3.05) is 13.7 Å². The number of esters is 1. The summed E-state index contributed by atoms with van der Waals surface area (Å²) in [6.07, 6.45) is 5.54. The molecule has 0 bridgehead atoms. The zero-order valence-electron chi connectivity index (χ0n) is 12.5. The zero-order chi connectivity index (χ0) is 16.1. The van der Waals surface area contributed by atoms with E-state index >= 15 is 0 Å². The first-order valence-electron chi connectivity index (χ1n) is 7.36. The van der Waals surface area contributed by atoms with E-state index < -0.39 is 5.97 Å². The highest BCUT2D eigenvalue weighted by molar-refractivity contribution is 6.35. The summed E-state index contributed by atoms with van der Waals surface area (Å²) in [5, 5.41) is 0.704. The molecule has 6 heteroatoms. The Labute approximate surface area is 140 Å². The van der Waals surface area contributed by atoms with Crippen LogP contribution in [0.2, 0.25) is 10.0 Å². The van der Waals surface area contributed by atoms with Gasteiger partial charge in [0.25, 0.3) is 5.91 Å². The normalized spacial score (nSPS) is 15.4. The number of amides is 1. The summed E-state index contributed by atoms with van der Waals surface area (Å²) in [5.74, 6) is -0.789. The summed E-state index contributed by atoms with van der Waals surface area (Å²) < 4.78 is 5.06. The lowest BCUT2D eigenvalue weighted by molar-refractivity contribution is -0.135. The summed E-state index contributed by atoms with van der Waals surface area (Å²) in [4.78, 5) is 25.7. The molecule has 0 atom stereocenters. The fraction of sp³-hybridized carbons (Fsp3) is 0.500. The van der Waals surface area contributed by atoms with Gasteiger partial charge in [0, 0.05) is 23.1 Å². The van der Waals surface area contributed by atoms with Gasteiger partial charge in [-0.3, -0.25) is 4.79 Å². The summed E-state index contributed by atoms with van der Waals surface area (Å²) in [5.41, 5.74) is 0.241. The van der Waals surface area contributed by atoms with Crippen LogP contribution in [0.25, 0.3) is 0 Å². The number of benzene rings is 1. The number of hydrogen-bond acceptors (Lipinski definition) is 3. The molecule has 22 heavy (non-hydrogen) atoms. The minimum Gasteiger partial charge on any atom is -0.452 e. The van der Waals surface area contributed by atoms with Crippen LogP contribution >= 0.6 is 23.2 Å². The number of ether oxygens (including phenoxy) is 1. The van der Waals surface area contributed by atoms with E-state index in [9.17, 15) is 9.59 Å². The van der Waals surface area contributed by atoms with Crippen LogP contribution in [0.5, 0.6) is 0 Å². The van der Waals surface area contributed by atoms with Gasteiger partial charge in [-0.05, 0) is 31.0 Å². The molecule has 120 valence electrons. The topological polar surface area (TPSA) is 46.6 Å². The van der Waals surface area contributed by atoms with Gasteiger partial charge in [-0.25, -0.2) is 4.79 Å². The van der Waals surface area contributed by atoms with Crippen molar-refractivity contribution >= 4 is 35.1 Å². The Hall–Kier alpha value is -1.26. The molecule has 1 saturated carbocycles. The molecule has 1 aromatic rings. The molecule has 4 nitrogen and oxygen atoms in total. The van der Waals surface area contributed by atoms with Gasteiger partial charge in [-0.2, -0.15) is 0 Å². The quantitative estimate of drug-likeness (QED) is 0.777. The van der Waals surface area contributed by atoms with Crippen molar-refractivity contribution < 1.29 is 14.3 Å². The van der Waals surface area contributed by atoms with Crippen LogP contribution in [0.15, 0.2) is 18.2 Å². The maximum atomic E-state index is 12.1. The summed E-state index contributed by atoms with van der Waals surface area (Å²) in [6.45, 7) is -0.268. The molecule has 0 unspecified atom stereocenters. The molecule has 0 heterocycles. The molecular weight excluding hydrogens is 325 g/mol. The third-order valence-corrected chi connectivity index (χ3v) is 4.38. The highest BCUT2D eigenvalue weighted by atomic mass is 35.5. The number of carbonyl (C=O) groups excluding carboxylic acids is 2. The summed E-state index contributed by atoms with van der Waals surface area (Å²) >= 11 is 11.7. The van der Waals surface area contributed by atoms with Gasteiger partial charge >= 0.3 is 5.97 Å². The number of halogens is 2. The van der Waals surface area contributed by atoms with Gasteiger partial charge in [-0.1, -0.05) is 42.5 Å². The second-order valence-electron chi connectivity index (χ2n) is 5.53. The van der Waals surface area contributed by atoms with E-state index in [-0.39, 0.29) is 24.1 Å². The Morgan fingerprint density at radius 2 is 1.73 bits per heavy atom. The Bertz CT molecular complexity index is 536. The van der Waals surface area contributed by atoms with Gasteiger partial charge in [-0.15, -0.1) is 0 Å². The van der Waals surface area contributed by atoms with E-state index in [2.05, 4.69) is 0 Å². The molecule has 1 aromatic carbocycles. The number of likely N-dealkylation sites (N-methyl/N-ethyl adjacent to an activating group) is 1. The van der Waals surface area contributed by atoms with Gasteiger partial charge in [0.15, 0.2) is 6.61 Å². The fourth-order valence-electron chi connectivity index (χ4n) is 2.66. The van der Waals surface area contributed by atoms with Gasteiger partial charge in [0.05, 0.1) is 5.56 Å². The van der Waals surface area contributed by atoms with Gasteiger partial charge in [0.2, 0.25) is 0 Å². The smallest absolute Gasteiger partial charge is 0.338 e. The Balaban J connectivity index is 1.88. The first kappa shape index (κ1) is 17.1. The largest absolute Gasteiger partial charge is 0.452 e. The zero-order valence-corrected chi connectivity index (χ0v) is 14.0. The Morgan fingerprint density at radius 1 is 1.14 bits per heavy atom. The molecule has 1 fully saturated rings. The maximum Gasteiger partial charge on any atom is 0.338 e. The Kier molecular flexibility index (Phi) is 6.09. The number of carbonyl (C=O) groups is 2. The van der Waals surface area contributed by atoms with Crippen molar-refractivity contribution in [3.63, 3.8) is 0 Å². The number of nitrogens with zero attached hydrogens (tertiary/aromatic N) is 1. The molecule has 0 N–H and O–H groups in total. The van der Waals surface area contributed by atoms with Crippen LogP contribution in [0.4, 0.5) is 0 Å². The van der Waals surface area contributed by atoms with Gasteiger partial charge in [0.1, 0.15) is 0 Å². The van der Waals surface area contributed by atoms with Crippen LogP contribution in [0.1, 0.15) is 42.5 Å². The first-order valence-corrected chi connectivity index (χ1v) is 8.12. The number of hydrogen-bond donors (Lipinski definition) is 0. The lowest BCUT2D eigenvalue weighted by Crippen LogP contribution is -2.40. The molecule has 0 spiro atoms. The highest BCUT2D eigenvalue weighted by Gasteiger charge is 2.23. The summed E-state index contributed by atoms with van der Waals surface area (Å²) in [6, 6.07) is 4.71. The molecule has 0 saturated heterocycles. The van der Waals surface area contributed by atoms with E-state index in [1.165, 1.54) is 24.6 Å². The minimum atomic E-state index is -0.602. The lowest BCUT2D eigenvalue weighted by atomic mass is 9.94. The average Bonchev–Trinajstić information content (AvgIpc) is 2.51. The summed E-state index contributed by atoms with van der Waals surface area (Å²) in [7, 11) is 1.77. The molecule has 1 amide bonds. The fourth-order valence-corrected chi connectivity index (χ4v) is 3.18. The van der Waals surface area contributed by atoms with E-state index in [1.54, 1.807) is 11.9 Å². The minimum absolute atomic E-state index is 0.187. The predicted octanol–water partition coefficient (Wildman–Crippen LogP) is 3.94. The molecule has 1 aliphatic rings. The predicted molar refractivity (Wildman–Crippen MR) is 86.4 cm³/mol. The monoisotopic (exact) mass is 343 g/mol. The van der Waals surface area contributed by atoms with Crippen molar-refractivity contribution in [1.29, 1.82) is 0 Å². The Morgan fingerprint density at radius 3 is 2.32 bits per heavy atom. The van der Waals surface area contributed by atoms with Crippen molar-refractivity contribution in [3.05, 3.63) is 33.8 Å². The third kappa shape index (κ3) is 4.62. The molecule has 2 rings (SSSR count). The van der Waals surface area contributed by atoms with Crippen LogP contribution < -0.4 is 0 Å². The van der Waals surface area contributed by atoms with E-state index in [0.29, 0.717) is 10.0 Å². The van der Waals surface area contributed by atoms with Crippen molar-refractivity contribution in [3.8, 4) is 0 Å². The van der Waals surface area contributed by atoms with Crippen LogP contribution in [-0.2, 0) is 9.53 Å². The van der Waals surface area contributed by atoms with Crippen molar-refractivity contribution in [1.82, 2.24) is 4.90 Å². The average molecular weight is 344 g/mol. The second-order valence-corrected chi connectivity index (χ2v) is 6.40. The molecule has 0 aliphatic heterocycles. The third-order valence-electron chi connectivity index (χ3n) is 3.94. The van der Waals surface area contributed by atoms with Crippen LogP contribution in [0, 0.1) is 0 Å². The van der Waals surface area contributed by atoms with Gasteiger partial charge < -0.3 is 9.64 Å². The van der Waals surface area contributed by atoms with Crippen LogP contribution in [0.3, 0.4) is 0 Å². The van der Waals surface area contributed by atoms with Crippen molar-refractivity contribution in [2.45, 2.75) is 38.1 Å².